The Kier molecular flexibility index (Phi) is 8.57. The highest BCUT2D eigenvalue weighted by Gasteiger charge is 2.16. The highest BCUT2D eigenvalue weighted by Crippen LogP contribution is 2.20. The molecule has 0 spiro atoms. The Balaban J connectivity index is 2.46. The lowest BCUT2D eigenvalue weighted by atomic mass is 9.97. The highest BCUT2D eigenvalue weighted by molar-refractivity contribution is 5.92. The number of anilines is 1. The van der Waals surface area contributed by atoms with Crippen molar-refractivity contribution in [1.29, 1.82) is 0 Å². The maximum Gasteiger partial charge on any atom is 0.227 e. The Morgan fingerprint density at radius 3 is 2.41 bits per heavy atom. The van der Waals surface area contributed by atoms with Gasteiger partial charge in [0.2, 0.25) is 5.91 Å². The predicted molar refractivity (Wildman–Crippen MR) is 96.2 cm³/mol. The summed E-state index contributed by atoms with van der Waals surface area (Å²) in [7, 11) is 0. The van der Waals surface area contributed by atoms with Crippen molar-refractivity contribution in [3.63, 3.8) is 0 Å². The van der Waals surface area contributed by atoms with E-state index in [0.29, 0.717) is 5.92 Å². The molecule has 1 amide bonds. The van der Waals surface area contributed by atoms with E-state index in [0.717, 1.165) is 37.8 Å². The molecule has 1 aromatic carbocycles. The fraction of sp³-hybridized carbons (Fsp3) is 0.550. The fourth-order valence-electron chi connectivity index (χ4n) is 2.54. The number of hydrogen-bond donors (Lipinski definition) is 1. The first-order chi connectivity index (χ1) is 10.6. The summed E-state index contributed by atoms with van der Waals surface area (Å²) >= 11 is 0. The Bertz CT molecular complexity index is 459. The second kappa shape index (κ2) is 10.2. The van der Waals surface area contributed by atoms with Gasteiger partial charge >= 0.3 is 0 Å². The number of rotatable bonds is 9. The van der Waals surface area contributed by atoms with Crippen molar-refractivity contribution in [3.8, 4) is 0 Å². The number of benzene rings is 1. The Hall–Kier alpha value is -1.57. The maximum absolute atomic E-state index is 12.4. The largest absolute Gasteiger partial charge is 0.326 e. The number of unbranched alkanes of at least 4 members (excludes halogenated alkanes) is 2. The molecule has 0 saturated carbocycles. The molecule has 0 aliphatic heterocycles. The van der Waals surface area contributed by atoms with Crippen LogP contribution in [0.25, 0.3) is 0 Å². The Morgan fingerprint density at radius 1 is 1.18 bits per heavy atom. The van der Waals surface area contributed by atoms with E-state index >= 15 is 0 Å². The molecule has 1 N–H and O–H groups in total. The van der Waals surface area contributed by atoms with Gasteiger partial charge in [-0.2, -0.15) is 0 Å². The number of nitrogens with one attached hydrogen (secondary N) is 1. The summed E-state index contributed by atoms with van der Waals surface area (Å²) in [5.41, 5.74) is 2.20. The van der Waals surface area contributed by atoms with E-state index in [4.69, 9.17) is 0 Å². The first-order valence-electron chi connectivity index (χ1n) is 8.60. The van der Waals surface area contributed by atoms with Crippen LogP contribution < -0.4 is 5.32 Å². The Labute approximate surface area is 136 Å². The molecular weight excluding hydrogens is 270 g/mol. The van der Waals surface area contributed by atoms with Crippen molar-refractivity contribution in [2.24, 2.45) is 5.92 Å². The molecule has 2 heteroatoms. The van der Waals surface area contributed by atoms with Crippen LogP contribution in [0.4, 0.5) is 5.69 Å². The number of amides is 1. The van der Waals surface area contributed by atoms with Crippen LogP contribution in [-0.4, -0.2) is 5.91 Å². The normalized spacial score (nSPS) is 12.8. The predicted octanol–water partition coefficient (Wildman–Crippen LogP) is 5.91. The molecule has 22 heavy (non-hydrogen) atoms. The molecule has 1 rings (SSSR count). The van der Waals surface area contributed by atoms with Crippen LogP contribution in [0.2, 0.25) is 0 Å². The molecule has 1 atom stereocenters. The Morgan fingerprint density at radius 2 is 1.86 bits per heavy atom. The monoisotopic (exact) mass is 301 g/mol. The van der Waals surface area contributed by atoms with Gasteiger partial charge in [-0.1, -0.05) is 51.5 Å². The zero-order valence-electron chi connectivity index (χ0n) is 14.6. The topological polar surface area (TPSA) is 29.1 Å². The lowest BCUT2D eigenvalue weighted by molar-refractivity contribution is -0.120. The average Bonchev–Trinajstić information content (AvgIpc) is 2.51. The molecule has 0 radical (unpaired) electrons. The summed E-state index contributed by atoms with van der Waals surface area (Å²) in [4.78, 5) is 12.4. The van der Waals surface area contributed by atoms with E-state index in [1.165, 1.54) is 5.56 Å². The molecule has 0 aromatic heterocycles. The number of hydrogen-bond acceptors (Lipinski definition) is 1. The summed E-state index contributed by atoms with van der Waals surface area (Å²) in [5.74, 6) is 0.798. The summed E-state index contributed by atoms with van der Waals surface area (Å²) in [6.45, 7) is 8.49. The number of carbonyl (C=O) groups is 1. The second-order valence-electron chi connectivity index (χ2n) is 6.22. The fourth-order valence-corrected chi connectivity index (χ4v) is 2.54. The zero-order valence-corrected chi connectivity index (χ0v) is 14.6. The van der Waals surface area contributed by atoms with Crippen LogP contribution in [0.15, 0.2) is 36.4 Å². The van der Waals surface area contributed by atoms with Gasteiger partial charge < -0.3 is 5.32 Å². The van der Waals surface area contributed by atoms with Crippen LogP contribution in [0.3, 0.4) is 0 Å². The third-order valence-corrected chi connectivity index (χ3v) is 4.12. The van der Waals surface area contributed by atoms with Gasteiger partial charge in [-0.3, -0.25) is 4.79 Å². The van der Waals surface area contributed by atoms with Gasteiger partial charge in [0.15, 0.2) is 0 Å². The maximum atomic E-state index is 12.4. The van der Waals surface area contributed by atoms with E-state index in [9.17, 15) is 4.79 Å². The number of carbonyl (C=O) groups excluding carboxylic acids is 1. The first kappa shape index (κ1) is 18.5. The van der Waals surface area contributed by atoms with Crippen LogP contribution in [-0.2, 0) is 4.79 Å². The lowest BCUT2D eigenvalue weighted by Gasteiger charge is -2.15. The van der Waals surface area contributed by atoms with Crippen molar-refractivity contribution >= 4 is 11.6 Å². The van der Waals surface area contributed by atoms with Crippen molar-refractivity contribution in [2.45, 2.75) is 65.7 Å². The van der Waals surface area contributed by atoms with E-state index in [1.54, 1.807) is 0 Å². The number of allylic oxidation sites excluding steroid dienone is 2. The van der Waals surface area contributed by atoms with Crippen molar-refractivity contribution < 1.29 is 4.79 Å². The van der Waals surface area contributed by atoms with Crippen LogP contribution >= 0.6 is 0 Å². The lowest BCUT2D eigenvalue weighted by Crippen LogP contribution is -2.22. The molecule has 2 nitrogen and oxygen atoms in total. The highest BCUT2D eigenvalue weighted by atomic mass is 16.1. The molecule has 0 saturated heterocycles. The standard InChI is InChI=1S/C20H31NO/c1-5-7-8-9-10-11-17(6-2)20(22)21-19-14-12-18(13-15-19)16(3)4/h5,7,12-17H,6,8-11H2,1-4H3,(H,21,22). The third kappa shape index (κ3) is 6.46. The van der Waals surface area contributed by atoms with Gasteiger partial charge in [0.25, 0.3) is 0 Å². The van der Waals surface area contributed by atoms with Gasteiger partial charge in [-0.15, -0.1) is 0 Å². The van der Waals surface area contributed by atoms with Crippen molar-refractivity contribution in [2.75, 3.05) is 5.32 Å². The van der Waals surface area contributed by atoms with Gasteiger partial charge in [-0.05, 0) is 56.2 Å². The van der Waals surface area contributed by atoms with Crippen LogP contribution in [0.1, 0.15) is 71.3 Å². The van der Waals surface area contributed by atoms with E-state index in [1.807, 2.05) is 19.1 Å². The third-order valence-electron chi connectivity index (χ3n) is 4.12. The zero-order chi connectivity index (χ0) is 16.4. The quantitative estimate of drug-likeness (QED) is 0.446. The van der Waals surface area contributed by atoms with Crippen LogP contribution in [0.5, 0.6) is 0 Å². The van der Waals surface area contributed by atoms with Gasteiger partial charge in [-0.25, -0.2) is 0 Å². The molecule has 1 unspecified atom stereocenters. The van der Waals surface area contributed by atoms with Crippen molar-refractivity contribution in [1.82, 2.24) is 0 Å². The van der Waals surface area contributed by atoms with Crippen LogP contribution in [0, 0.1) is 5.92 Å². The SMILES string of the molecule is CC=CCCCCC(CC)C(=O)Nc1ccc(C(C)C)cc1. The average molecular weight is 301 g/mol. The smallest absolute Gasteiger partial charge is 0.227 e. The molecule has 0 aliphatic carbocycles. The summed E-state index contributed by atoms with van der Waals surface area (Å²) < 4.78 is 0. The first-order valence-corrected chi connectivity index (χ1v) is 8.60. The molecule has 0 aliphatic rings. The van der Waals surface area contributed by atoms with E-state index < -0.39 is 0 Å². The molecule has 122 valence electrons. The van der Waals surface area contributed by atoms with E-state index in [-0.39, 0.29) is 11.8 Å². The molecule has 0 fully saturated rings. The minimum absolute atomic E-state index is 0.121. The summed E-state index contributed by atoms with van der Waals surface area (Å²) in [5, 5.41) is 3.06. The van der Waals surface area contributed by atoms with Gasteiger partial charge in [0.1, 0.15) is 0 Å². The molecule has 0 heterocycles. The summed E-state index contributed by atoms with van der Waals surface area (Å²) in [6, 6.07) is 8.20. The van der Waals surface area contributed by atoms with Gasteiger partial charge in [0, 0.05) is 11.6 Å². The van der Waals surface area contributed by atoms with E-state index in [2.05, 4.69) is 50.4 Å². The second-order valence-corrected chi connectivity index (χ2v) is 6.22. The minimum Gasteiger partial charge on any atom is -0.326 e. The summed E-state index contributed by atoms with van der Waals surface area (Å²) in [6.07, 6.45) is 9.55. The van der Waals surface area contributed by atoms with Crippen molar-refractivity contribution in [3.05, 3.63) is 42.0 Å². The van der Waals surface area contributed by atoms with Gasteiger partial charge in [0.05, 0.1) is 0 Å². The molecule has 1 aromatic rings. The minimum atomic E-state index is 0.121. The molecular formula is C20H31NO. The molecule has 0 bridgehead atoms.